The minimum Gasteiger partial charge on any atom is -0.370 e. The van der Waals surface area contributed by atoms with E-state index >= 15 is 0 Å². The molecular weight excluding hydrogens is 144 g/mol. The summed E-state index contributed by atoms with van der Waals surface area (Å²) in [7, 11) is 0. The molecule has 0 unspecified atom stereocenters. The van der Waals surface area contributed by atoms with Gasteiger partial charge in [-0.1, -0.05) is 0 Å². The number of guanidine groups is 1. The molecule has 0 aromatic carbocycles. The fraction of sp³-hybridized carbons (Fsp3) is 0.667. The maximum absolute atomic E-state index is 10.5. The molecule has 5 nitrogen and oxygen atoms in total. The number of carbonyl (C=O) groups is 1. The Morgan fingerprint density at radius 3 is 3.18 bits per heavy atom. The molecule has 64 valence electrons. The molecule has 0 bridgehead atoms. The van der Waals surface area contributed by atoms with E-state index in [1.807, 2.05) is 5.73 Å². The minimum absolute atomic E-state index is 0.118. The lowest BCUT2D eigenvalue weighted by Crippen LogP contribution is -2.32. The van der Waals surface area contributed by atoms with Gasteiger partial charge in [0.05, 0.1) is 6.04 Å². The standard InChI is InChI=1S/C6H14N4O/c7-5(4-11)2-1-3-10-6(8)9/h4-5H,1-3,7H2,(H4,8,9,10)/t5-/m0/s1/i4D/hD. The van der Waals surface area contributed by atoms with Gasteiger partial charge in [0.15, 0.2) is 5.96 Å². The first kappa shape index (κ1) is 6.60. The second kappa shape index (κ2) is 5.67. The first-order chi connectivity index (χ1) is 6.07. The molecule has 0 rings (SSSR count). The topological polar surface area (TPSA) is 105 Å². The van der Waals surface area contributed by atoms with E-state index in [1.54, 1.807) is 0 Å². The van der Waals surface area contributed by atoms with Gasteiger partial charge in [-0.25, -0.2) is 0 Å². The van der Waals surface area contributed by atoms with Crippen molar-refractivity contribution >= 4 is 12.2 Å². The second-order valence-corrected chi connectivity index (χ2v) is 2.15. The molecule has 0 aliphatic carbocycles. The largest absolute Gasteiger partial charge is 0.370 e. The third-order valence-electron chi connectivity index (χ3n) is 1.13. The van der Waals surface area contributed by atoms with Crippen LogP contribution in [0.5, 0.6) is 0 Å². The Hall–Kier alpha value is -1.10. The van der Waals surface area contributed by atoms with Crippen LogP contribution in [0.1, 0.15) is 14.2 Å². The smallest absolute Gasteiger partial charge is 0.185 e. The summed E-state index contributed by atoms with van der Waals surface area (Å²) >= 11 is 0. The maximum atomic E-state index is 10.5. The monoisotopic (exact) mass is 160 g/mol. The third kappa shape index (κ3) is 6.79. The van der Waals surface area contributed by atoms with Crippen LogP contribution in [0.15, 0.2) is 0 Å². The highest BCUT2D eigenvalue weighted by atomic mass is 16.1. The van der Waals surface area contributed by atoms with Crippen molar-refractivity contribution in [3.05, 3.63) is 0 Å². The van der Waals surface area contributed by atoms with E-state index in [4.69, 9.17) is 13.9 Å². The van der Waals surface area contributed by atoms with E-state index in [-0.39, 0.29) is 5.96 Å². The van der Waals surface area contributed by atoms with Gasteiger partial charge in [0, 0.05) is 6.54 Å². The summed E-state index contributed by atoms with van der Waals surface area (Å²) in [6, 6.07) is -0.742. The van der Waals surface area contributed by atoms with Gasteiger partial charge in [-0.15, -0.1) is 0 Å². The molecule has 0 fully saturated rings. The molecule has 6 N–H and O–H groups in total. The molecule has 0 saturated heterocycles. The maximum Gasteiger partial charge on any atom is 0.185 e. The molecule has 0 aliphatic heterocycles. The van der Waals surface area contributed by atoms with E-state index in [2.05, 4.69) is 5.32 Å². The van der Waals surface area contributed by atoms with Crippen LogP contribution >= 0.6 is 0 Å². The fourth-order valence-electron chi connectivity index (χ4n) is 0.588. The first-order valence-electron chi connectivity index (χ1n) is 4.33. The summed E-state index contributed by atoms with van der Waals surface area (Å²) in [5, 5.41) is 9.38. The average Bonchev–Trinajstić information content (AvgIpc) is 2.03. The molecule has 0 aliphatic rings. The molecule has 0 spiro atoms. The van der Waals surface area contributed by atoms with Gasteiger partial charge >= 0.3 is 0 Å². The molecule has 0 heterocycles. The number of nitrogens with two attached hydrogens (primary N) is 2. The van der Waals surface area contributed by atoms with Crippen molar-refractivity contribution in [2.75, 3.05) is 6.54 Å². The summed E-state index contributed by atoms with van der Waals surface area (Å²) in [6.45, 7) is 0.473. The van der Waals surface area contributed by atoms with Gasteiger partial charge in [-0.3, -0.25) is 5.41 Å². The van der Waals surface area contributed by atoms with Gasteiger partial charge in [-0.05, 0) is 12.8 Å². The highest BCUT2D eigenvalue weighted by Gasteiger charge is 1.98. The summed E-state index contributed by atoms with van der Waals surface area (Å²) in [5.41, 5.74) is 7.01. The minimum atomic E-state index is -0.794. The van der Waals surface area contributed by atoms with Crippen LogP contribution in [-0.2, 0) is 4.79 Å². The quantitative estimate of drug-likeness (QED) is 0.169. The van der Waals surface area contributed by atoms with Gasteiger partial charge in [0.1, 0.15) is 9.04 Å². The zero-order valence-corrected chi connectivity index (χ0v) is 6.18. The van der Waals surface area contributed by atoms with Crippen LogP contribution in [0.4, 0.5) is 0 Å². The van der Waals surface area contributed by atoms with E-state index in [0.29, 0.717) is 19.4 Å². The Kier molecular flexibility index (Phi) is 3.40. The fourth-order valence-corrected chi connectivity index (χ4v) is 0.588. The first-order valence-corrected chi connectivity index (χ1v) is 3.33. The SMILES string of the molecule is [2H]N[C@@H](CCCNC(=N)N)C([2H])=O. The van der Waals surface area contributed by atoms with Gasteiger partial charge < -0.3 is 21.6 Å². The Balaban J connectivity index is 3.50. The summed E-state index contributed by atoms with van der Waals surface area (Å²) in [5.74, 6) is -0.118. The number of aldehydes is 1. The number of carbonyl (C=O) groups excluding carboxylic acids is 1. The Bertz CT molecular complexity index is 187. The number of nitrogens with one attached hydrogen (secondary N) is 2. The van der Waals surface area contributed by atoms with Crippen LogP contribution < -0.4 is 16.8 Å². The molecule has 1 atom stereocenters. The Morgan fingerprint density at radius 1 is 2.00 bits per heavy atom. The average molecular weight is 160 g/mol. The lowest BCUT2D eigenvalue weighted by molar-refractivity contribution is -0.109. The predicted octanol–water partition coefficient (Wildman–Crippen LogP) is -1.22. The van der Waals surface area contributed by atoms with Crippen LogP contribution in [0.25, 0.3) is 0 Å². The van der Waals surface area contributed by atoms with Gasteiger partial charge in [0.25, 0.3) is 0 Å². The molecule has 0 amide bonds. The third-order valence-corrected chi connectivity index (χ3v) is 1.13. The van der Waals surface area contributed by atoms with Crippen molar-refractivity contribution in [1.82, 2.24) is 5.32 Å². The van der Waals surface area contributed by atoms with E-state index in [9.17, 15) is 4.79 Å². The highest BCUT2D eigenvalue weighted by molar-refractivity contribution is 5.74. The molecule has 11 heavy (non-hydrogen) atoms. The number of hydrogen-bond acceptors (Lipinski definition) is 3. The number of rotatable bonds is 6. The van der Waals surface area contributed by atoms with Gasteiger partial charge in [0.2, 0.25) is 0 Å². The molecule has 0 aromatic rings. The van der Waals surface area contributed by atoms with Crippen molar-refractivity contribution in [3.8, 4) is 0 Å². The van der Waals surface area contributed by atoms with E-state index in [0.717, 1.165) is 0 Å². The van der Waals surface area contributed by atoms with Crippen LogP contribution in [-0.4, -0.2) is 24.8 Å². The zero-order chi connectivity index (χ0) is 10.3. The molecule has 0 saturated carbocycles. The number of hydrogen-bond donors (Lipinski definition) is 4. The predicted molar refractivity (Wildman–Crippen MR) is 43.2 cm³/mol. The zero-order valence-electron chi connectivity index (χ0n) is 8.18. The molecule has 0 radical (unpaired) electrons. The summed E-state index contributed by atoms with van der Waals surface area (Å²) in [6.07, 6.45) is 0.185. The highest BCUT2D eigenvalue weighted by Crippen LogP contribution is 1.88. The lowest BCUT2D eigenvalue weighted by Gasteiger charge is -2.04. The van der Waals surface area contributed by atoms with Crippen LogP contribution in [0.2, 0.25) is 1.41 Å². The van der Waals surface area contributed by atoms with Crippen molar-refractivity contribution in [2.45, 2.75) is 18.9 Å². The normalized spacial score (nSPS) is 14.5. The second-order valence-electron chi connectivity index (χ2n) is 2.15. The lowest BCUT2D eigenvalue weighted by atomic mass is 10.2. The van der Waals surface area contributed by atoms with Crippen molar-refractivity contribution in [3.63, 3.8) is 0 Å². The Morgan fingerprint density at radius 2 is 2.73 bits per heavy atom. The summed E-state index contributed by atoms with van der Waals surface area (Å²) in [4.78, 5) is 10.5. The molecule has 5 heteroatoms. The Labute approximate surface area is 68.5 Å². The van der Waals surface area contributed by atoms with E-state index < -0.39 is 12.3 Å². The van der Waals surface area contributed by atoms with Crippen molar-refractivity contribution < 1.29 is 7.58 Å². The van der Waals surface area contributed by atoms with Gasteiger partial charge in [-0.2, -0.15) is 0 Å². The molecule has 0 aromatic heterocycles. The van der Waals surface area contributed by atoms with E-state index in [1.165, 1.54) is 0 Å². The summed E-state index contributed by atoms with van der Waals surface area (Å²) < 4.78 is 13.5. The van der Waals surface area contributed by atoms with Crippen molar-refractivity contribution in [2.24, 2.45) is 11.5 Å². The van der Waals surface area contributed by atoms with Crippen LogP contribution in [0.3, 0.4) is 0 Å². The molecular formula is C6H14N4O. The van der Waals surface area contributed by atoms with Crippen LogP contribution in [0, 0.1) is 5.41 Å². The van der Waals surface area contributed by atoms with Crippen molar-refractivity contribution in [1.29, 1.82) is 5.41 Å².